The maximum atomic E-state index is 12.6. The van der Waals surface area contributed by atoms with Gasteiger partial charge in [0.2, 0.25) is 0 Å². The van der Waals surface area contributed by atoms with Gasteiger partial charge in [0.05, 0.1) is 16.4 Å². The molecule has 2 aromatic carbocycles. The topological polar surface area (TPSA) is 61.6 Å². The van der Waals surface area contributed by atoms with Gasteiger partial charge in [-0.3, -0.25) is 4.79 Å². The van der Waals surface area contributed by atoms with Crippen molar-refractivity contribution in [2.45, 2.75) is 0 Å². The zero-order valence-corrected chi connectivity index (χ0v) is 15.2. The summed E-state index contributed by atoms with van der Waals surface area (Å²) < 4.78 is 0. The zero-order chi connectivity index (χ0) is 17.8. The van der Waals surface area contributed by atoms with E-state index in [1.807, 2.05) is 53.4 Å². The van der Waals surface area contributed by atoms with Crippen molar-refractivity contribution in [2.75, 3.05) is 36.4 Å². The second-order valence-electron chi connectivity index (χ2n) is 5.77. The first kappa shape index (κ1) is 17.5. The Morgan fingerprint density at radius 3 is 2.36 bits per heavy atom. The average Bonchev–Trinajstić information content (AvgIpc) is 2.62. The van der Waals surface area contributed by atoms with Crippen LogP contribution >= 0.6 is 23.8 Å². The van der Waals surface area contributed by atoms with Gasteiger partial charge in [-0.1, -0.05) is 35.9 Å². The molecule has 0 spiro atoms. The number of halogens is 1. The first-order chi connectivity index (χ1) is 12.1. The fourth-order valence-electron chi connectivity index (χ4n) is 2.97. The van der Waals surface area contributed by atoms with Crippen LogP contribution in [0.5, 0.6) is 0 Å². The molecule has 0 unspecified atom stereocenters. The van der Waals surface area contributed by atoms with E-state index < -0.39 is 0 Å². The summed E-state index contributed by atoms with van der Waals surface area (Å²) >= 11 is 11.3. The van der Waals surface area contributed by atoms with E-state index in [1.165, 1.54) is 0 Å². The number of thiocarbonyl (C=S) groups is 1. The molecule has 1 amide bonds. The Hall–Kier alpha value is -2.31. The Balaban J connectivity index is 1.73. The van der Waals surface area contributed by atoms with E-state index in [9.17, 15) is 4.79 Å². The van der Waals surface area contributed by atoms with Crippen LogP contribution in [0.25, 0.3) is 0 Å². The number of anilines is 2. The molecule has 0 saturated carbocycles. The minimum atomic E-state index is 0.0564. The smallest absolute Gasteiger partial charge is 0.253 e. The Morgan fingerprint density at radius 1 is 1.04 bits per heavy atom. The quantitative estimate of drug-likeness (QED) is 0.809. The molecule has 0 atom stereocenters. The number of nitrogens with zero attached hydrogens (tertiary/aromatic N) is 2. The molecule has 1 aliphatic heterocycles. The summed E-state index contributed by atoms with van der Waals surface area (Å²) in [6.45, 7) is 2.64. The Labute approximate surface area is 157 Å². The summed E-state index contributed by atoms with van der Waals surface area (Å²) in [6.07, 6.45) is 0. The number of nitrogens with two attached hydrogens (primary N) is 1. The summed E-state index contributed by atoms with van der Waals surface area (Å²) in [6, 6.07) is 14.9. The monoisotopic (exact) mass is 374 g/mol. The molecule has 1 aliphatic rings. The minimum absolute atomic E-state index is 0.0564. The summed E-state index contributed by atoms with van der Waals surface area (Å²) in [7, 11) is 0. The van der Waals surface area contributed by atoms with Crippen molar-refractivity contribution in [3.05, 3.63) is 59.1 Å². The molecule has 0 bridgehead atoms. The van der Waals surface area contributed by atoms with Crippen LogP contribution in [0, 0.1) is 0 Å². The molecular weight excluding hydrogens is 356 g/mol. The van der Waals surface area contributed by atoms with Crippen molar-refractivity contribution in [1.82, 2.24) is 4.90 Å². The number of rotatable bonds is 3. The molecule has 25 heavy (non-hydrogen) atoms. The van der Waals surface area contributed by atoms with E-state index in [4.69, 9.17) is 29.6 Å². The second-order valence-corrected chi connectivity index (χ2v) is 6.62. The lowest BCUT2D eigenvalue weighted by molar-refractivity contribution is 0.0747. The minimum Gasteiger partial charge on any atom is -0.376 e. The van der Waals surface area contributed by atoms with Gasteiger partial charge in [0, 0.05) is 31.7 Å². The lowest BCUT2D eigenvalue weighted by Crippen LogP contribution is -2.49. The normalized spacial score (nSPS) is 14.3. The number of benzene rings is 2. The van der Waals surface area contributed by atoms with Gasteiger partial charge in [0.25, 0.3) is 5.91 Å². The molecule has 7 heteroatoms. The number of nitrogens with one attached hydrogen (secondary N) is 1. The number of hydrogen-bond acceptors (Lipinski definition) is 3. The molecule has 130 valence electrons. The second kappa shape index (κ2) is 7.72. The van der Waals surface area contributed by atoms with Gasteiger partial charge >= 0.3 is 0 Å². The van der Waals surface area contributed by atoms with E-state index in [1.54, 1.807) is 0 Å². The Bertz CT molecular complexity index is 776. The third-order valence-corrected chi connectivity index (χ3v) is 4.56. The Kier molecular flexibility index (Phi) is 5.40. The molecule has 1 saturated heterocycles. The van der Waals surface area contributed by atoms with Crippen LogP contribution in [0.3, 0.4) is 0 Å². The largest absolute Gasteiger partial charge is 0.376 e. The summed E-state index contributed by atoms with van der Waals surface area (Å²) in [5, 5.41) is 3.80. The molecule has 3 rings (SSSR count). The van der Waals surface area contributed by atoms with E-state index in [0.29, 0.717) is 36.8 Å². The van der Waals surface area contributed by atoms with E-state index in [-0.39, 0.29) is 11.0 Å². The van der Waals surface area contributed by atoms with E-state index in [2.05, 4.69) is 10.2 Å². The highest BCUT2D eigenvalue weighted by Crippen LogP contribution is 2.34. The van der Waals surface area contributed by atoms with Gasteiger partial charge in [0.1, 0.15) is 0 Å². The van der Waals surface area contributed by atoms with Gasteiger partial charge < -0.3 is 20.9 Å². The summed E-state index contributed by atoms with van der Waals surface area (Å²) in [5.41, 5.74) is 7.96. The van der Waals surface area contributed by atoms with Crippen LogP contribution in [-0.2, 0) is 0 Å². The molecule has 0 aliphatic carbocycles. The molecule has 2 aromatic rings. The number of amides is 1. The highest BCUT2D eigenvalue weighted by atomic mass is 35.5. The molecule has 1 heterocycles. The van der Waals surface area contributed by atoms with Gasteiger partial charge in [-0.25, -0.2) is 0 Å². The standard InChI is InChI=1S/C18H19ClN4OS/c19-14-7-4-8-15(21-18(20)25)16(14)22-9-11-23(12-10-22)17(24)13-5-2-1-3-6-13/h1-8H,9-12H2,(H3,20,21,25). The van der Waals surface area contributed by atoms with Gasteiger partial charge in [-0.15, -0.1) is 0 Å². The lowest BCUT2D eigenvalue weighted by atomic mass is 10.1. The fourth-order valence-corrected chi connectivity index (χ4v) is 3.37. The van der Waals surface area contributed by atoms with Crippen LogP contribution in [-0.4, -0.2) is 42.1 Å². The molecule has 5 nitrogen and oxygen atoms in total. The number of piperazine rings is 1. The van der Waals surface area contributed by atoms with Crippen molar-refractivity contribution in [3.8, 4) is 0 Å². The highest BCUT2D eigenvalue weighted by Gasteiger charge is 2.24. The Morgan fingerprint density at radius 2 is 1.72 bits per heavy atom. The highest BCUT2D eigenvalue weighted by molar-refractivity contribution is 7.80. The number of para-hydroxylation sites is 1. The van der Waals surface area contributed by atoms with E-state index >= 15 is 0 Å². The first-order valence-electron chi connectivity index (χ1n) is 8.00. The van der Waals surface area contributed by atoms with Crippen molar-refractivity contribution in [1.29, 1.82) is 0 Å². The third kappa shape index (κ3) is 4.03. The van der Waals surface area contributed by atoms with Crippen LogP contribution in [0.1, 0.15) is 10.4 Å². The van der Waals surface area contributed by atoms with Crippen LogP contribution in [0.4, 0.5) is 11.4 Å². The van der Waals surface area contributed by atoms with E-state index in [0.717, 1.165) is 11.4 Å². The van der Waals surface area contributed by atoms with Crippen LogP contribution in [0.15, 0.2) is 48.5 Å². The maximum Gasteiger partial charge on any atom is 0.253 e. The van der Waals surface area contributed by atoms with Gasteiger partial charge in [-0.05, 0) is 36.5 Å². The maximum absolute atomic E-state index is 12.6. The van der Waals surface area contributed by atoms with Gasteiger partial charge in [-0.2, -0.15) is 0 Å². The van der Waals surface area contributed by atoms with Crippen molar-refractivity contribution < 1.29 is 4.79 Å². The van der Waals surface area contributed by atoms with Crippen LogP contribution < -0.4 is 16.0 Å². The number of hydrogen-bond donors (Lipinski definition) is 2. The molecule has 3 N–H and O–H groups in total. The van der Waals surface area contributed by atoms with Crippen LogP contribution in [0.2, 0.25) is 5.02 Å². The van der Waals surface area contributed by atoms with Crippen molar-refractivity contribution in [3.63, 3.8) is 0 Å². The predicted molar refractivity (Wildman–Crippen MR) is 106 cm³/mol. The molecule has 0 radical (unpaired) electrons. The average molecular weight is 375 g/mol. The molecular formula is C18H19ClN4OS. The zero-order valence-electron chi connectivity index (χ0n) is 13.6. The third-order valence-electron chi connectivity index (χ3n) is 4.15. The number of carbonyl (C=O) groups is 1. The molecule has 1 fully saturated rings. The summed E-state index contributed by atoms with van der Waals surface area (Å²) in [4.78, 5) is 16.6. The molecule has 0 aromatic heterocycles. The van der Waals surface area contributed by atoms with Crippen molar-refractivity contribution in [2.24, 2.45) is 5.73 Å². The fraction of sp³-hybridized carbons (Fsp3) is 0.222. The predicted octanol–water partition coefficient (Wildman–Crippen LogP) is 2.96. The van der Waals surface area contributed by atoms with Gasteiger partial charge in [0.15, 0.2) is 5.11 Å². The number of carbonyl (C=O) groups excluding carboxylic acids is 1. The first-order valence-corrected chi connectivity index (χ1v) is 8.79. The lowest BCUT2D eigenvalue weighted by Gasteiger charge is -2.37. The van der Waals surface area contributed by atoms with Crippen molar-refractivity contribution >= 4 is 46.2 Å². The summed E-state index contributed by atoms with van der Waals surface area (Å²) in [5.74, 6) is 0.0564. The SMILES string of the molecule is NC(=S)Nc1cccc(Cl)c1N1CCN(C(=O)c2ccccc2)CC1.